The third-order valence-electron chi connectivity index (χ3n) is 4.11. The van der Waals surface area contributed by atoms with Gasteiger partial charge in [0.1, 0.15) is 5.82 Å². The molecule has 3 rings (SSSR count). The molecule has 1 aromatic carbocycles. The van der Waals surface area contributed by atoms with Crippen LogP contribution in [-0.4, -0.2) is 18.5 Å². The van der Waals surface area contributed by atoms with Crippen LogP contribution >= 0.6 is 12.4 Å². The number of benzene rings is 1. The molecule has 2 unspecified atom stereocenters. The average Bonchev–Trinajstić information content (AvgIpc) is 2.99. The van der Waals surface area contributed by atoms with Gasteiger partial charge in [-0.05, 0) is 55.5 Å². The third-order valence-corrected chi connectivity index (χ3v) is 4.11. The number of rotatable bonds is 3. The van der Waals surface area contributed by atoms with E-state index < -0.39 is 0 Å². The number of nitrogens with one attached hydrogen (secondary N) is 2. The summed E-state index contributed by atoms with van der Waals surface area (Å²) in [6.45, 7) is 1.02. The Morgan fingerprint density at radius 3 is 3.00 bits per heavy atom. The Bertz CT molecular complexity index is 489. The van der Waals surface area contributed by atoms with Gasteiger partial charge in [0.05, 0.1) is 6.04 Å². The first-order valence-electron chi connectivity index (χ1n) is 7.03. The lowest BCUT2D eigenvalue weighted by molar-refractivity contribution is -0.122. The molecule has 1 saturated heterocycles. The topological polar surface area (TPSA) is 41.1 Å². The summed E-state index contributed by atoms with van der Waals surface area (Å²) in [6.07, 6.45) is 4.51. The van der Waals surface area contributed by atoms with Crippen LogP contribution in [0, 0.1) is 5.82 Å². The quantitative estimate of drug-likeness (QED) is 0.900. The van der Waals surface area contributed by atoms with Crippen molar-refractivity contribution in [2.24, 2.45) is 0 Å². The lowest BCUT2D eigenvalue weighted by Crippen LogP contribution is -2.33. The summed E-state index contributed by atoms with van der Waals surface area (Å²) in [5.74, 6) is -0.0949. The van der Waals surface area contributed by atoms with Gasteiger partial charge in [0.2, 0.25) is 5.91 Å². The monoisotopic (exact) mass is 298 g/mol. The molecule has 0 radical (unpaired) electrons. The second-order valence-corrected chi connectivity index (χ2v) is 5.50. The van der Waals surface area contributed by atoms with Crippen LogP contribution in [-0.2, 0) is 11.2 Å². The van der Waals surface area contributed by atoms with Crippen LogP contribution in [0.15, 0.2) is 18.2 Å². The molecule has 2 N–H and O–H groups in total. The van der Waals surface area contributed by atoms with Crippen molar-refractivity contribution in [1.82, 2.24) is 10.6 Å². The average molecular weight is 299 g/mol. The number of halogens is 2. The van der Waals surface area contributed by atoms with Crippen molar-refractivity contribution in [3.63, 3.8) is 0 Å². The maximum Gasteiger partial charge on any atom is 0.222 e. The molecular formula is C15H20ClFN2O. The smallest absolute Gasteiger partial charge is 0.222 e. The van der Waals surface area contributed by atoms with Gasteiger partial charge in [-0.25, -0.2) is 4.39 Å². The van der Waals surface area contributed by atoms with Crippen LogP contribution in [0.4, 0.5) is 4.39 Å². The highest BCUT2D eigenvalue weighted by atomic mass is 35.5. The fourth-order valence-electron chi connectivity index (χ4n) is 3.14. The van der Waals surface area contributed by atoms with Gasteiger partial charge in [0.25, 0.3) is 0 Å². The minimum absolute atomic E-state index is 0. The van der Waals surface area contributed by atoms with Crippen molar-refractivity contribution in [3.8, 4) is 0 Å². The molecule has 2 aliphatic rings. The molecular weight excluding hydrogens is 279 g/mol. The summed E-state index contributed by atoms with van der Waals surface area (Å²) in [7, 11) is 0. The molecule has 0 bridgehead atoms. The first-order chi connectivity index (χ1) is 9.22. The molecule has 1 fully saturated rings. The zero-order chi connectivity index (χ0) is 13.2. The van der Waals surface area contributed by atoms with Gasteiger partial charge in [0, 0.05) is 12.5 Å². The normalized spacial score (nSPS) is 24.1. The van der Waals surface area contributed by atoms with Crippen LogP contribution in [0.5, 0.6) is 0 Å². The van der Waals surface area contributed by atoms with Gasteiger partial charge < -0.3 is 10.6 Å². The lowest BCUT2D eigenvalue weighted by Gasteiger charge is -2.16. The molecule has 3 nitrogen and oxygen atoms in total. The standard InChI is InChI=1S/C15H19FN2O.ClH/c16-11-4-5-13-10(8-11)3-6-14(13)18-15(19)9-12-2-1-7-17-12;/h4-5,8,12,14,17H,1-3,6-7,9H2,(H,18,19);1H. The number of hydrogen-bond acceptors (Lipinski definition) is 2. The summed E-state index contributed by atoms with van der Waals surface area (Å²) in [6, 6.07) is 5.25. The van der Waals surface area contributed by atoms with Gasteiger partial charge >= 0.3 is 0 Å². The predicted molar refractivity (Wildman–Crippen MR) is 78.5 cm³/mol. The van der Waals surface area contributed by atoms with E-state index in [0.29, 0.717) is 12.5 Å². The fourth-order valence-corrected chi connectivity index (χ4v) is 3.14. The molecule has 1 aromatic rings. The van der Waals surface area contributed by atoms with Gasteiger partial charge in [-0.2, -0.15) is 0 Å². The Morgan fingerprint density at radius 2 is 2.25 bits per heavy atom. The van der Waals surface area contributed by atoms with E-state index in [9.17, 15) is 9.18 Å². The van der Waals surface area contributed by atoms with Crippen LogP contribution in [0.1, 0.15) is 42.9 Å². The highest BCUT2D eigenvalue weighted by Gasteiger charge is 2.25. The van der Waals surface area contributed by atoms with E-state index >= 15 is 0 Å². The molecule has 0 saturated carbocycles. The second kappa shape index (κ2) is 6.55. The number of amides is 1. The first-order valence-corrected chi connectivity index (χ1v) is 7.03. The maximum absolute atomic E-state index is 13.1. The van der Waals surface area contributed by atoms with Crippen LogP contribution in [0.25, 0.3) is 0 Å². The first kappa shape index (κ1) is 15.3. The van der Waals surface area contributed by atoms with E-state index in [2.05, 4.69) is 10.6 Å². The second-order valence-electron chi connectivity index (χ2n) is 5.50. The Labute approximate surface area is 124 Å². The van der Waals surface area contributed by atoms with Crippen LogP contribution < -0.4 is 10.6 Å². The SMILES string of the molecule is Cl.O=C(CC1CCCN1)NC1CCc2cc(F)ccc21. The van der Waals surface area contributed by atoms with Crippen LogP contribution in [0.2, 0.25) is 0 Å². The number of fused-ring (bicyclic) bond motifs is 1. The molecule has 0 spiro atoms. The molecule has 1 heterocycles. The number of carbonyl (C=O) groups is 1. The Hall–Kier alpha value is -1.13. The van der Waals surface area contributed by atoms with Gasteiger partial charge in [-0.3, -0.25) is 4.79 Å². The maximum atomic E-state index is 13.1. The van der Waals surface area contributed by atoms with Crippen molar-refractivity contribution >= 4 is 18.3 Å². The number of aryl methyl sites for hydroxylation is 1. The zero-order valence-electron chi connectivity index (χ0n) is 11.3. The Morgan fingerprint density at radius 1 is 1.40 bits per heavy atom. The molecule has 110 valence electrons. The third kappa shape index (κ3) is 3.30. The van der Waals surface area contributed by atoms with Gasteiger partial charge in [-0.1, -0.05) is 6.07 Å². The summed E-state index contributed by atoms with van der Waals surface area (Å²) >= 11 is 0. The van der Waals surface area contributed by atoms with Crippen molar-refractivity contribution in [3.05, 3.63) is 35.1 Å². The molecule has 20 heavy (non-hydrogen) atoms. The van der Waals surface area contributed by atoms with Crippen LogP contribution in [0.3, 0.4) is 0 Å². The van der Waals surface area contributed by atoms with E-state index in [0.717, 1.165) is 43.4 Å². The summed E-state index contributed by atoms with van der Waals surface area (Å²) in [5, 5.41) is 6.41. The van der Waals surface area contributed by atoms with Crippen molar-refractivity contribution in [1.29, 1.82) is 0 Å². The zero-order valence-corrected chi connectivity index (χ0v) is 12.1. The Balaban J connectivity index is 0.00000147. The van der Waals surface area contributed by atoms with E-state index in [1.807, 2.05) is 0 Å². The lowest BCUT2D eigenvalue weighted by atomic mass is 10.1. The number of hydrogen-bond donors (Lipinski definition) is 2. The van der Waals surface area contributed by atoms with Gasteiger partial charge in [0.15, 0.2) is 0 Å². The molecule has 2 atom stereocenters. The van der Waals surface area contributed by atoms with Crippen molar-refractivity contribution in [2.45, 2.75) is 44.2 Å². The minimum atomic E-state index is -0.194. The summed E-state index contributed by atoms with van der Waals surface area (Å²) < 4.78 is 13.1. The van der Waals surface area contributed by atoms with E-state index in [1.54, 1.807) is 12.1 Å². The van der Waals surface area contributed by atoms with Crippen molar-refractivity contribution in [2.75, 3.05) is 6.54 Å². The minimum Gasteiger partial charge on any atom is -0.349 e. The molecule has 1 aliphatic carbocycles. The van der Waals surface area contributed by atoms with E-state index in [1.165, 1.54) is 6.07 Å². The Kier molecular flexibility index (Phi) is 5.00. The highest BCUT2D eigenvalue weighted by Crippen LogP contribution is 2.31. The fraction of sp³-hybridized carbons (Fsp3) is 0.533. The molecule has 5 heteroatoms. The van der Waals surface area contributed by atoms with Crippen molar-refractivity contribution < 1.29 is 9.18 Å². The molecule has 1 amide bonds. The predicted octanol–water partition coefficient (Wildman–Crippen LogP) is 2.49. The summed E-state index contributed by atoms with van der Waals surface area (Å²) in [5.41, 5.74) is 2.11. The van der Waals surface area contributed by atoms with E-state index in [-0.39, 0.29) is 30.2 Å². The molecule has 1 aliphatic heterocycles. The molecule has 0 aromatic heterocycles. The van der Waals surface area contributed by atoms with E-state index in [4.69, 9.17) is 0 Å². The number of carbonyl (C=O) groups excluding carboxylic acids is 1. The summed E-state index contributed by atoms with van der Waals surface area (Å²) in [4.78, 5) is 12.0. The highest BCUT2D eigenvalue weighted by molar-refractivity contribution is 5.85. The van der Waals surface area contributed by atoms with Gasteiger partial charge in [-0.15, -0.1) is 12.4 Å². The largest absolute Gasteiger partial charge is 0.349 e.